The quantitative estimate of drug-likeness (QED) is 0.592. The molecule has 3 rings (SSSR count). The van der Waals surface area contributed by atoms with E-state index in [1.54, 1.807) is 0 Å². The van der Waals surface area contributed by atoms with Gasteiger partial charge in [0.1, 0.15) is 13.1 Å². The Hall–Kier alpha value is -2.13. The van der Waals surface area contributed by atoms with Crippen LogP contribution in [0.3, 0.4) is 0 Å². The Kier molecular flexibility index (Phi) is 5.54. The third kappa shape index (κ3) is 4.10. The van der Waals surface area contributed by atoms with Gasteiger partial charge in [0, 0.05) is 18.6 Å². The summed E-state index contributed by atoms with van der Waals surface area (Å²) < 4.78 is 4.76. The zero-order valence-corrected chi connectivity index (χ0v) is 15.9. The number of rotatable bonds is 7. The van der Waals surface area contributed by atoms with Crippen molar-refractivity contribution in [3.8, 4) is 0 Å². The number of nitrogens with zero attached hydrogens (tertiary/aromatic N) is 3. The SMILES string of the molecule is CC(C)N(CCn1c[n+](Cc2ccccc2)c2ccccc21)C(C)C. The summed E-state index contributed by atoms with van der Waals surface area (Å²) in [5.41, 5.74) is 3.94. The molecule has 0 saturated heterocycles. The van der Waals surface area contributed by atoms with E-state index in [9.17, 15) is 0 Å². The number of hydrogen-bond donors (Lipinski definition) is 0. The topological polar surface area (TPSA) is 12.1 Å². The smallest absolute Gasteiger partial charge is 0.245 e. The molecule has 0 unspecified atom stereocenters. The van der Waals surface area contributed by atoms with Crippen LogP contribution in [-0.4, -0.2) is 28.1 Å². The molecule has 25 heavy (non-hydrogen) atoms. The molecule has 0 bridgehead atoms. The second-order valence-corrected chi connectivity index (χ2v) is 7.34. The van der Waals surface area contributed by atoms with Crippen LogP contribution in [0.1, 0.15) is 33.3 Å². The fraction of sp³-hybridized carbons (Fsp3) is 0.409. The lowest BCUT2D eigenvalue weighted by Gasteiger charge is -2.29. The van der Waals surface area contributed by atoms with Gasteiger partial charge in [-0.15, -0.1) is 0 Å². The largest absolute Gasteiger partial charge is 0.295 e. The molecular formula is C22H30N3+. The van der Waals surface area contributed by atoms with E-state index in [2.05, 4.69) is 103 Å². The minimum Gasteiger partial charge on any atom is -0.295 e. The third-order valence-electron chi connectivity index (χ3n) is 4.90. The zero-order valence-electron chi connectivity index (χ0n) is 15.9. The van der Waals surface area contributed by atoms with Gasteiger partial charge in [0.15, 0.2) is 11.0 Å². The van der Waals surface area contributed by atoms with Gasteiger partial charge in [0.2, 0.25) is 6.33 Å². The van der Waals surface area contributed by atoms with Crippen molar-refractivity contribution in [2.45, 2.75) is 52.9 Å². The number of imidazole rings is 1. The molecule has 0 saturated carbocycles. The Balaban J connectivity index is 1.86. The molecule has 0 aliphatic carbocycles. The molecule has 0 radical (unpaired) electrons. The molecule has 2 aromatic carbocycles. The van der Waals surface area contributed by atoms with Gasteiger partial charge in [0.25, 0.3) is 0 Å². The summed E-state index contributed by atoms with van der Waals surface area (Å²) in [5, 5.41) is 0. The molecule has 0 aliphatic rings. The number of hydrogen-bond acceptors (Lipinski definition) is 1. The maximum atomic E-state index is 2.55. The monoisotopic (exact) mass is 336 g/mol. The minimum absolute atomic E-state index is 0.568. The first kappa shape index (κ1) is 17.7. The molecule has 0 fully saturated rings. The fourth-order valence-corrected chi connectivity index (χ4v) is 3.66. The molecule has 1 heterocycles. The molecule has 132 valence electrons. The summed E-state index contributed by atoms with van der Waals surface area (Å²) in [4.78, 5) is 2.55. The molecule has 3 nitrogen and oxygen atoms in total. The molecule has 0 N–H and O–H groups in total. The van der Waals surface area contributed by atoms with Crippen LogP contribution in [0.5, 0.6) is 0 Å². The Morgan fingerprint density at radius 3 is 2.20 bits per heavy atom. The van der Waals surface area contributed by atoms with Crippen molar-refractivity contribution in [3.05, 3.63) is 66.5 Å². The second-order valence-electron chi connectivity index (χ2n) is 7.34. The molecule has 0 amide bonds. The lowest BCUT2D eigenvalue weighted by Crippen LogP contribution is -2.39. The van der Waals surface area contributed by atoms with Crippen molar-refractivity contribution in [3.63, 3.8) is 0 Å². The Bertz CT molecular complexity index is 795. The molecular weight excluding hydrogens is 306 g/mol. The van der Waals surface area contributed by atoms with Crippen LogP contribution in [0.15, 0.2) is 60.9 Å². The number of aromatic nitrogens is 2. The van der Waals surface area contributed by atoms with Gasteiger partial charge in [-0.3, -0.25) is 4.90 Å². The highest BCUT2D eigenvalue weighted by Gasteiger charge is 2.18. The predicted molar refractivity (Wildman–Crippen MR) is 105 cm³/mol. The standard InChI is InChI=1S/C22H30N3/c1-18(2)25(19(3)4)15-14-23-17-24(16-20-10-6-5-7-11-20)22-13-9-8-12-21(22)23/h5-13,17-19H,14-16H2,1-4H3/q+1. The van der Waals surface area contributed by atoms with Crippen LogP contribution in [-0.2, 0) is 13.1 Å². The zero-order chi connectivity index (χ0) is 17.8. The summed E-state index contributed by atoms with van der Waals surface area (Å²) in [5.74, 6) is 0. The Labute approximate surface area is 151 Å². The molecule has 0 spiro atoms. The molecule has 1 aromatic heterocycles. The normalized spacial score (nSPS) is 12.0. The van der Waals surface area contributed by atoms with Gasteiger partial charge in [0.05, 0.1) is 0 Å². The average molecular weight is 337 g/mol. The van der Waals surface area contributed by atoms with Crippen molar-refractivity contribution < 1.29 is 4.57 Å². The van der Waals surface area contributed by atoms with Crippen LogP contribution in [0, 0.1) is 0 Å². The lowest BCUT2D eigenvalue weighted by atomic mass is 10.2. The first-order valence-corrected chi connectivity index (χ1v) is 9.33. The highest BCUT2D eigenvalue weighted by Crippen LogP contribution is 2.13. The average Bonchev–Trinajstić information content (AvgIpc) is 2.93. The minimum atomic E-state index is 0.568. The van der Waals surface area contributed by atoms with Crippen molar-refractivity contribution in [1.29, 1.82) is 0 Å². The van der Waals surface area contributed by atoms with E-state index in [0.29, 0.717) is 12.1 Å². The van der Waals surface area contributed by atoms with E-state index in [0.717, 1.165) is 19.6 Å². The maximum absolute atomic E-state index is 2.55. The number of benzene rings is 2. The molecule has 0 atom stereocenters. The van der Waals surface area contributed by atoms with E-state index in [-0.39, 0.29) is 0 Å². The summed E-state index contributed by atoms with van der Waals surface area (Å²) >= 11 is 0. The fourth-order valence-electron chi connectivity index (χ4n) is 3.66. The summed E-state index contributed by atoms with van der Waals surface area (Å²) in [6.45, 7) is 12.1. The molecule has 3 heteroatoms. The second kappa shape index (κ2) is 7.83. The van der Waals surface area contributed by atoms with Crippen molar-refractivity contribution in [2.24, 2.45) is 0 Å². The third-order valence-corrected chi connectivity index (χ3v) is 4.90. The lowest BCUT2D eigenvalue weighted by molar-refractivity contribution is -0.663. The van der Waals surface area contributed by atoms with Crippen LogP contribution < -0.4 is 4.57 Å². The van der Waals surface area contributed by atoms with E-state index in [4.69, 9.17) is 0 Å². The van der Waals surface area contributed by atoms with Gasteiger partial charge < -0.3 is 0 Å². The molecule has 3 aromatic rings. The van der Waals surface area contributed by atoms with E-state index in [1.165, 1.54) is 16.6 Å². The van der Waals surface area contributed by atoms with Crippen molar-refractivity contribution in [1.82, 2.24) is 9.47 Å². The van der Waals surface area contributed by atoms with Crippen molar-refractivity contribution >= 4 is 11.0 Å². The number of fused-ring (bicyclic) bond motifs is 1. The van der Waals surface area contributed by atoms with Crippen LogP contribution >= 0.6 is 0 Å². The van der Waals surface area contributed by atoms with Crippen LogP contribution in [0.2, 0.25) is 0 Å². The first-order chi connectivity index (χ1) is 12.1. The van der Waals surface area contributed by atoms with Crippen LogP contribution in [0.4, 0.5) is 0 Å². The van der Waals surface area contributed by atoms with Crippen LogP contribution in [0.25, 0.3) is 11.0 Å². The van der Waals surface area contributed by atoms with E-state index < -0.39 is 0 Å². The van der Waals surface area contributed by atoms with Gasteiger partial charge in [-0.25, -0.2) is 9.13 Å². The van der Waals surface area contributed by atoms with Gasteiger partial charge in [-0.1, -0.05) is 42.5 Å². The summed E-state index contributed by atoms with van der Waals surface area (Å²) in [6, 6.07) is 20.5. The first-order valence-electron chi connectivity index (χ1n) is 9.33. The molecule has 0 aliphatic heterocycles. The summed E-state index contributed by atoms with van der Waals surface area (Å²) in [7, 11) is 0. The van der Waals surface area contributed by atoms with E-state index in [1.807, 2.05) is 0 Å². The predicted octanol–water partition coefficient (Wildman–Crippen LogP) is 4.10. The Morgan fingerprint density at radius 2 is 1.52 bits per heavy atom. The van der Waals surface area contributed by atoms with Gasteiger partial charge in [-0.05, 0) is 45.4 Å². The van der Waals surface area contributed by atoms with Gasteiger partial charge >= 0.3 is 0 Å². The highest BCUT2D eigenvalue weighted by molar-refractivity contribution is 5.71. The van der Waals surface area contributed by atoms with E-state index >= 15 is 0 Å². The highest BCUT2D eigenvalue weighted by atomic mass is 15.2. The van der Waals surface area contributed by atoms with Crippen molar-refractivity contribution in [2.75, 3.05) is 6.54 Å². The summed E-state index contributed by atoms with van der Waals surface area (Å²) in [6.07, 6.45) is 2.27. The maximum Gasteiger partial charge on any atom is 0.245 e. The Morgan fingerprint density at radius 1 is 0.880 bits per heavy atom. The van der Waals surface area contributed by atoms with Gasteiger partial charge in [-0.2, -0.15) is 0 Å². The number of para-hydroxylation sites is 2.